The summed E-state index contributed by atoms with van der Waals surface area (Å²) in [5.41, 5.74) is -1.45. The molecule has 0 aliphatic heterocycles. The zero-order valence-electron chi connectivity index (χ0n) is 16.3. The predicted molar refractivity (Wildman–Crippen MR) is 110 cm³/mol. The summed E-state index contributed by atoms with van der Waals surface area (Å²) < 4.78 is 67.7. The summed E-state index contributed by atoms with van der Waals surface area (Å²) in [5.74, 6) is -1.04. The fraction of sp³-hybridized carbons (Fsp3) is 0.579. The van der Waals surface area contributed by atoms with E-state index in [1.807, 2.05) is 0 Å². The number of anilines is 1. The van der Waals surface area contributed by atoms with E-state index in [0.717, 1.165) is 31.7 Å². The number of likely N-dealkylation sites (N-methyl/N-ethyl adjacent to an activating group) is 1. The molecule has 1 saturated carbocycles. The molecule has 0 radical (unpaired) electrons. The van der Waals surface area contributed by atoms with E-state index < -0.39 is 28.2 Å². The van der Waals surface area contributed by atoms with Crippen LogP contribution in [0, 0.1) is 5.82 Å². The van der Waals surface area contributed by atoms with Crippen molar-refractivity contribution in [2.75, 3.05) is 18.5 Å². The highest BCUT2D eigenvalue weighted by Crippen LogP contribution is 2.41. The topological polar surface area (TPSA) is 41.0 Å². The molecule has 30 heavy (non-hydrogen) atoms. The number of fused-ring (bicyclic) bond motifs is 1. The smallest absolute Gasteiger partial charge is 0.354 e. The average molecular weight is 516 g/mol. The lowest BCUT2D eigenvalue weighted by Crippen LogP contribution is -2.52. The third-order valence-corrected chi connectivity index (χ3v) is 6.30. The average Bonchev–Trinajstić information content (AvgIpc) is 2.67. The summed E-state index contributed by atoms with van der Waals surface area (Å²) in [6.07, 6.45) is -2.44. The van der Waals surface area contributed by atoms with Crippen LogP contribution in [0.3, 0.4) is 0 Å². The molecule has 0 bridgehead atoms. The van der Waals surface area contributed by atoms with Crippen molar-refractivity contribution in [1.82, 2.24) is 15.3 Å². The molecule has 4 nitrogen and oxygen atoms in total. The van der Waals surface area contributed by atoms with E-state index in [0.29, 0.717) is 0 Å². The summed E-state index contributed by atoms with van der Waals surface area (Å²) in [7, 11) is 1.68. The summed E-state index contributed by atoms with van der Waals surface area (Å²) in [6.45, 7) is 1.62. The molecule has 1 heterocycles. The maximum Gasteiger partial charge on any atom is 0.417 e. The number of alkyl halides is 4. The highest BCUT2D eigenvalue weighted by Gasteiger charge is 2.37. The van der Waals surface area contributed by atoms with E-state index >= 15 is 0 Å². The molecule has 1 N–H and O–H groups in total. The fourth-order valence-electron chi connectivity index (χ4n) is 3.92. The lowest BCUT2D eigenvalue weighted by molar-refractivity contribution is -0.138. The standard InChI is InChI=1S/C19H21BrClF5N4/c1-9(22)8-27-12-5-3-4-6-13(12)30(2)17-10-7-11(19(24,25)26)14(20)15(23)16(10)28-18(21)29-17/h7,9,12-13,27H,3-6,8H2,1-2H3/t9?,12?,13-/m0/s1. The monoisotopic (exact) mass is 514 g/mol. The Morgan fingerprint density at radius 1 is 1.30 bits per heavy atom. The zero-order valence-corrected chi connectivity index (χ0v) is 18.7. The first-order valence-electron chi connectivity index (χ1n) is 9.53. The third kappa shape index (κ3) is 4.80. The molecule has 11 heteroatoms. The van der Waals surface area contributed by atoms with E-state index in [-0.39, 0.29) is 40.6 Å². The number of hydrogen-bond donors (Lipinski definition) is 1. The molecule has 2 unspecified atom stereocenters. The Bertz CT molecular complexity index is 924. The molecule has 3 atom stereocenters. The molecule has 166 valence electrons. The molecule has 0 saturated heterocycles. The van der Waals surface area contributed by atoms with Gasteiger partial charge in [0.05, 0.1) is 10.0 Å². The van der Waals surface area contributed by atoms with Gasteiger partial charge in [-0.15, -0.1) is 0 Å². The molecule has 0 spiro atoms. The van der Waals surface area contributed by atoms with Crippen molar-refractivity contribution in [3.63, 3.8) is 0 Å². The van der Waals surface area contributed by atoms with Crippen LogP contribution in [0.4, 0.5) is 27.8 Å². The molecule has 1 aliphatic rings. The van der Waals surface area contributed by atoms with Crippen molar-refractivity contribution >= 4 is 44.3 Å². The second-order valence-corrected chi connectivity index (χ2v) is 8.65. The van der Waals surface area contributed by atoms with Crippen LogP contribution in [0.5, 0.6) is 0 Å². The fourth-order valence-corrected chi connectivity index (χ4v) is 4.61. The van der Waals surface area contributed by atoms with Crippen molar-refractivity contribution in [1.29, 1.82) is 0 Å². The van der Waals surface area contributed by atoms with Crippen molar-refractivity contribution in [3.05, 3.63) is 27.2 Å². The van der Waals surface area contributed by atoms with Gasteiger partial charge in [0.2, 0.25) is 5.28 Å². The number of rotatable bonds is 5. The number of nitrogens with zero attached hydrogens (tertiary/aromatic N) is 3. The highest BCUT2D eigenvalue weighted by atomic mass is 79.9. The van der Waals surface area contributed by atoms with Crippen molar-refractivity contribution < 1.29 is 22.0 Å². The number of nitrogens with one attached hydrogen (secondary N) is 1. The minimum absolute atomic E-state index is 0.0851. The normalized spacial score (nSPS) is 21.1. The number of hydrogen-bond acceptors (Lipinski definition) is 4. The molecule has 1 fully saturated rings. The first-order valence-corrected chi connectivity index (χ1v) is 10.7. The summed E-state index contributed by atoms with van der Waals surface area (Å²) in [4.78, 5) is 9.64. The summed E-state index contributed by atoms with van der Waals surface area (Å²) in [6, 6.07) is 0.570. The molecule has 2 aromatic rings. The van der Waals surface area contributed by atoms with Gasteiger partial charge in [0.25, 0.3) is 0 Å². The first kappa shape index (κ1) is 23.4. The highest BCUT2D eigenvalue weighted by molar-refractivity contribution is 9.10. The Balaban J connectivity index is 2.10. The van der Waals surface area contributed by atoms with E-state index in [4.69, 9.17) is 11.6 Å². The lowest BCUT2D eigenvalue weighted by Gasteiger charge is -2.39. The summed E-state index contributed by atoms with van der Waals surface area (Å²) in [5, 5.41) is 2.83. The predicted octanol–water partition coefficient (Wildman–Crippen LogP) is 5.90. The van der Waals surface area contributed by atoms with Crippen LogP contribution < -0.4 is 10.2 Å². The molecular formula is C19H21BrClF5N4. The van der Waals surface area contributed by atoms with Gasteiger partial charge in [-0.1, -0.05) is 12.8 Å². The van der Waals surface area contributed by atoms with E-state index in [1.165, 1.54) is 6.92 Å². The Kier molecular flexibility index (Phi) is 7.08. The van der Waals surface area contributed by atoms with Crippen molar-refractivity contribution in [2.45, 2.75) is 57.0 Å². The van der Waals surface area contributed by atoms with Crippen molar-refractivity contribution in [2.24, 2.45) is 0 Å². The zero-order chi connectivity index (χ0) is 22.2. The molecule has 1 aromatic heterocycles. The van der Waals surface area contributed by atoms with Gasteiger partial charge in [0.15, 0.2) is 5.82 Å². The van der Waals surface area contributed by atoms with Gasteiger partial charge in [0, 0.05) is 31.1 Å². The maximum atomic E-state index is 14.8. The van der Waals surface area contributed by atoms with Crippen LogP contribution in [0.15, 0.2) is 10.5 Å². The lowest BCUT2D eigenvalue weighted by atomic mass is 9.89. The molecule has 1 aliphatic carbocycles. The Morgan fingerprint density at radius 2 is 1.97 bits per heavy atom. The first-order chi connectivity index (χ1) is 14.0. The Labute approximate surface area is 184 Å². The van der Waals surface area contributed by atoms with Crippen LogP contribution in [-0.4, -0.2) is 41.8 Å². The minimum Gasteiger partial charge on any atom is -0.354 e. The van der Waals surface area contributed by atoms with Gasteiger partial charge in [-0.2, -0.15) is 18.2 Å². The van der Waals surface area contributed by atoms with Gasteiger partial charge in [0.1, 0.15) is 17.5 Å². The third-order valence-electron chi connectivity index (χ3n) is 5.35. The molecular weight excluding hydrogens is 495 g/mol. The second-order valence-electron chi connectivity index (χ2n) is 7.52. The summed E-state index contributed by atoms with van der Waals surface area (Å²) >= 11 is 8.67. The van der Waals surface area contributed by atoms with Gasteiger partial charge in [-0.3, -0.25) is 0 Å². The minimum atomic E-state index is -4.77. The molecule has 1 aromatic carbocycles. The number of aromatic nitrogens is 2. The van der Waals surface area contributed by atoms with Crippen LogP contribution >= 0.6 is 27.5 Å². The maximum absolute atomic E-state index is 14.8. The SMILES string of the molecule is CC(F)CNC1CCCC[C@@H]1N(C)c1nc(Cl)nc2c(F)c(Br)c(C(F)(F)F)cc12. The van der Waals surface area contributed by atoms with Crippen LogP contribution in [0.25, 0.3) is 10.9 Å². The van der Waals surface area contributed by atoms with Crippen LogP contribution in [0.2, 0.25) is 5.28 Å². The molecule has 0 amide bonds. The van der Waals surface area contributed by atoms with Gasteiger partial charge >= 0.3 is 6.18 Å². The quantitative estimate of drug-likeness (QED) is 0.398. The Morgan fingerprint density at radius 3 is 2.60 bits per heavy atom. The van der Waals surface area contributed by atoms with Crippen LogP contribution in [0.1, 0.15) is 38.2 Å². The van der Waals surface area contributed by atoms with Crippen LogP contribution in [-0.2, 0) is 6.18 Å². The van der Waals surface area contributed by atoms with Gasteiger partial charge in [-0.05, 0) is 53.4 Å². The second kappa shape index (κ2) is 9.08. The van der Waals surface area contributed by atoms with E-state index in [2.05, 4.69) is 31.2 Å². The van der Waals surface area contributed by atoms with E-state index in [1.54, 1.807) is 11.9 Å². The van der Waals surface area contributed by atoms with E-state index in [9.17, 15) is 22.0 Å². The largest absolute Gasteiger partial charge is 0.417 e. The number of halogens is 7. The number of benzene rings is 1. The molecule has 3 rings (SSSR count). The van der Waals surface area contributed by atoms with Gasteiger partial charge < -0.3 is 10.2 Å². The van der Waals surface area contributed by atoms with Gasteiger partial charge in [-0.25, -0.2) is 13.8 Å². The van der Waals surface area contributed by atoms with Crippen molar-refractivity contribution in [3.8, 4) is 0 Å². The Hall–Kier alpha value is -1.26.